The van der Waals surface area contributed by atoms with E-state index in [9.17, 15) is 220 Å². The number of benzene rings is 6. The van der Waals surface area contributed by atoms with Gasteiger partial charge in [0.2, 0.25) is 0 Å². The van der Waals surface area contributed by atoms with Crippen LogP contribution in [-0.2, 0) is 39.2 Å². The van der Waals surface area contributed by atoms with Gasteiger partial charge >= 0.3 is 86.5 Å². The summed E-state index contributed by atoms with van der Waals surface area (Å²) in [4.78, 5) is 0. The van der Waals surface area contributed by atoms with Crippen LogP contribution in [0.25, 0.3) is 43.1 Å². The summed E-state index contributed by atoms with van der Waals surface area (Å²) >= 11 is 0. The predicted octanol–water partition coefficient (Wildman–Crippen LogP) is 15.5. The summed E-state index contributed by atoms with van der Waals surface area (Å²) < 4.78 is 582. The molecule has 0 aliphatic heterocycles. The van der Waals surface area contributed by atoms with E-state index in [1.54, 1.807) is 0 Å². The largest absolute Gasteiger partial charge is 0.430 e. The van der Waals surface area contributed by atoms with E-state index in [1.165, 1.54) is 0 Å². The molecule has 0 amide bonds. The maximum Gasteiger partial charge on any atom is 0.430 e. The van der Waals surface area contributed by atoms with Crippen LogP contribution < -0.4 is 22.9 Å². The minimum absolute atomic E-state index is 0.0534. The topological polar surface area (TPSA) is 246 Å². The fourth-order valence-electron chi connectivity index (χ4n) is 10.1. The van der Waals surface area contributed by atoms with Crippen molar-refractivity contribution in [3.8, 4) is 0 Å². The van der Waals surface area contributed by atoms with Gasteiger partial charge in [-0.25, -0.2) is 0 Å². The van der Waals surface area contributed by atoms with Crippen molar-refractivity contribution in [3.05, 3.63) is 93.5 Å². The Bertz CT molecular complexity index is 4000. The summed E-state index contributed by atoms with van der Waals surface area (Å²) in [5, 5.41) is 53.7. The molecule has 6 aromatic carbocycles. The summed E-state index contributed by atoms with van der Waals surface area (Å²) in [6.45, 7) is 0. The first-order valence-corrected chi connectivity index (χ1v) is 24.6. The third-order valence-corrected chi connectivity index (χ3v) is 15.2. The number of rotatable bonds is 7. The molecule has 53 heteroatoms. The number of nitrogens with two attached hydrogens (primary N) is 4. The van der Waals surface area contributed by atoms with Crippen molar-refractivity contribution >= 4 is 65.8 Å². The van der Waals surface area contributed by atoms with Crippen LogP contribution >= 0.6 is 0 Å². The van der Waals surface area contributed by atoms with Gasteiger partial charge in [-0.2, -0.15) is 184 Å². The van der Waals surface area contributed by atoms with Gasteiger partial charge in [-0.05, 0) is 97.7 Å². The zero-order valence-electron chi connectivity index (χ0n) is 46.5. The highest BCUT2D eigenvalue weighted by Crippen LogP contribution is 2.64. The van der Waals surface area contributed by atoms with E-state index >= 15 is 0 Å². The summed E-state index contributed by atoms with van der Waals surface area (Å²) in [6.07, 6.45) is -101. The molecule has 0 spiro atoms. The Labute approximate surface area is 528 Å². The predicted molar refractivity (Wildman–Crippen MR) is 253 cm³/mol. The van der Waals surface area contributed by atoms with E-state index in [0.717, 1.165) is 0 Å². The molecule has 0 unspecified atom stereocenters. The van der Waals surface area contributed by atoms with E-state index in [0.29, 0.717) is 0 Å². The van der Waals surface area contributed by atoms with Gasteiger partial charge < -0.3 is 58.7 Å². The Morgan fingerprint density at radius 1 is 0.176 bits per heavy atom. The maximum absolute atomic E-state index is 14.1. The van der Waals surface area contributed by atoms with Gasteiger partial charge in [0.15, 0.2) is 0 Å². The van der Waals surface area contributed by atoms with Gasteiger partial charge in [-0.1, -0.05) is 0 Å². The second kappa shape index (κ2) is 23.4. The quantitative estimate of drug-likeness (QED) is 0.0408. The average molecular weight is 1580 g/mol. The van der Waals surface area contributed by atoms with Crippen molar-refractivity contribution in [2.45, 2.75) is 126 Å². The normalized spacial score (nSPS) is 15.5. The van der Waals surface area contributed by atoms with E-state index < -0.39 is 261 Å². The molecule has 0 aromatic heterocycles. The highest BCUT2D eigenvalue weighted by molar-refractivity contribution is 6.07. The molecule has 11 nitrogen and oxygen atoms in total. The number of anilines is 4. The molecule has 0 fully saturated rings. The zero-order chi connectivity index (χ0) is 80.8. The Hall–Kier alpha value is -7.66. The number of fused-ring (bicyclic) bond motifs is 4. The number of hydrogen-bond donors (Lipinski definition) is 11. The SMILES string of the molecule is Nc1c(C(O)(C(F)(F)F)C(F)(F)F)cc2cc3c(C(O)(C(F)(F)F)C(F)(F)F)c(N)c(C(O)(C(F)(F)F)C(F)(F)F)cc3cc2c1C(O)(C(F)(F)F)C(F)(F)F.Nc1cc2cc3cc(C(O)(C(F)(F)F)C(F)(F)F)c(N)c(C(O)(C(F)(F)F)C(F)(F)F)c3cc2cc1C(O)(C(F)(F)F)C(F)(F)F. The van der Waals surface area contributed by atoms with E-state index in [1.807, 2.05) is 0 Å². The van der Waals surface area contributed by atoms with Crippen LogP contribution in [0.3, 0.4) is 0 Å². The van der Waals surface area contributed by atoms with Crippen molar-refractivity contribution in [2.24, 2.45) is 0 Å². The van der Waals surface area contributed by atoms with Crippen molar-refractivity contribution in [2.75, 3.05) is 22.9 Å². The zero-order valence-corrected chi connectivity index (χ0v) is 46.5. The Kier molecular flexibility index (Phi) is 19.5. The summed E-state index contributed by atoms with van der Waals surface area (Å²) in [5.74, 6) is 0. The number of nitrogen functional groups attached to an aromatic ring is 4. The second-order valence-corrected chi connectivity index (χ2v) is 21.2. The molecule has 0 radical (unpaired) electrons. The molecule has 102 heavy (non-hydrogen) atoms. The van der Waals surface area contributed by atoms with E-state index in [-0.39, 0.29) is 24.3 Å². The minimum Gasteiger partial charge on any atom is -0.398 e. The fraction of sp³-hybridized carbons (Fsp3) is 0.429. The first-order chi connectivity index (χ1) is 44.3. The van der Waals surface area contributed by atoms with Crippen molar-refractivity contribution in [1.29, 1.82) is 0 Å². The van der Waals surface area contributed by atoms with Gasteiger partial charge in [-0.15, -0.1) is 0 Å². The number of alkyl halides is 42. The molecule has 0 atom stereocenters. The van der Waals surface area contributed by atoms with Crippen LogP contribution in [0.4, 0.5) is 207 Å². The van der Waals surface area contributed by atoms with Crippen LogP contribution in [0, 0.1) is 0 Å². The summed E-state index contributed by atoms with van der Waals surface area (Å²) in [5.41, 5.74) is -59.5. The standard InChI is InChI=1S/C26H12F24N2O4.C23H12F18N2O3/c27-19(28,29)15(53,20(30,31)32)9-3-5-1-7-6(2-8(5)12(14(9)52)18(56,25(45,46)47)26(48,49)50)4-10(16(54,21(33,34)35)22(36,37)38)13(51)11(7)17(55,23(39,40)41)24(42,43)44;24-18(25,26)15(44,19(27,28)29)10-3-7-2-9-8(1-6(7)5-12(10)42)4-11(16(45,20(30,31)32)21(33,34)35)14(43)13(9)17(46,22(36,37)38)23(39,40)41/h1-4,53-56H,51-52H2;1-5,44-46H,42-43H2. The first-order valence-electron chi connectivity index (χ1n) is 24.6. The highest BCUT2D eigenvalue weighted by Gasteiger charge is 2.80. The Morgan fingerprint density at radius 3 is 0.510 bits per heavy atom. The van der Waals surface area contributed by atoms with E-state index in [4.69, 9.17) is 22.9 Å². The molecule has 15 N–H and O–H groups in total. The lowest BCUT2D eigenvalue weighted by Crippen LogP contribution is -2.56. The molecule has 0 aliphatic rings. The first kappa shape index (κ1) is 85.0. The molecular formula is C49H24F42N4O7. The highest BCUT2D eigenvalue weighted by atomic mass is 19.5. The fourth-order valence-corrected chi connectivity index (χ4v) is 10.1. The molecule has 6 rings (SSSR count). The van der Waals surface area contributed by atoms with Crippen molar-refractivity contribution in [3.63, 3.8) is 0 Å². The third-order valence-electron chi connectivity index (χ3n) is 15.2. The van der Waals surface area contributed by atoms with Crippen LogP contribution in [0.5, 0.6) is 0 Å². The van der Waals surface area contributed by atoms with Gasteiger partial charge in [0, 0.05) is 61.7 Å². The van der Waals surface area contributed by atoms with Gasteiger partial charge in [0.05, 0.1) is 0 Å². The smallest absolute Gasteiger partial charge is 0.398 e. The van der Waals surface area contributed by atoms with Crippen LogP contribution in [0.1, 0.15) is 38.9 Å². The lowest BCUT2D eigenvalue weighted by atomic mass is 9.77. The van der Waals surface area contributed by atoms with E-state index in [2.05, 4.69) is 0 Å². The number of hydrogen-bond acceptors (Lipinski definition) is 11. The summed E-state index contributed by atoms with van der Waals surface area (Å²) in [7, 11) is 0. The monoisotopic (exact) mass is 1580 g/mol. The van der Waals surface area contributed by atoms with Gasteiger partial charge in [0.25, 0.3) is 39.2 Å². The molecule has 0 saturated heterocycles. The maximum atomic E-state index is 14.1. The van der Waals surface area contributed by atoms with Gasteiger partial charge in [-0.3, -0.25) is 0 Å². The van der Waals surface area contributed by atoms with Crippen LogP contribution in [0.2, 0.25) is 0 Å². The van der Waals surface area contributed by atoms with Crippen molar-refractivity contribution < 1.29 is 220 Å². The number of halogens is 42. The van der Waals surface area contributed by atoms with Crippen molar-refractivity contribution in [1.82, 2.24) is 0 Å². The lowest BCUT2D eigenvalue weighted by molar-refractivity contribution is -0.378. The molecule has 0 bridgehead atoms. The molecule has 0 heterocycles. The number of aliphatic hydroxyl groups is 7. The molecule has 0 aliphatic carbocycles. The molecular weight excluding hydrogens is 1550 g/mol. The summed E-state index contributed by atoms with van der Waals surface area (Å²) in [6, 6.07) is -5.09. The minimum atomic E-state index is -7.49. The molecule has 6 aromatic rings. The lowest BCUT2D eigenvalue weighted by Gasteiger charge is -2.39. The van der Waals surface area contributed by atoms with Crippen LogP contribution in [0.15, 0.2) is 54.6 Å². The Morgan fingerprint density at radius 2 is 0.324 bits per heavy atom. The molecule has 576 valence electrons. The van der Waals surface area contributed by atoms with Crippen LogP contribution in [-0.4, -0.2) is 122 Å². The third kappa shape index (κ3) is 12.1. The average Bonchev–Trinajstić information content (AvgIpc) is 0.697. The second-order valence-electron chi connectivity index (χ2n) is 21.2. The molecule has 0 saturated carbocycles. The Balaban J connectivity index is 0.000000374. The van der Waals surface area contributed by atoms with Gasteiger partial charge in [0.1, 0.15) is 0 Å².